The van der Waals surface area contributed by atoms with E-state index in [-0.39, 0.29) is 84.2 Å². The van der Waals surface area contributed by atoms with Crippen LogP contribution >= 0.6 is 0 Å². The van der Waals surface area contributed by atoms with Crippen molar-refractivity contribution in [3.8, 4) is 0 Å². The molecule has 0 aromatic carbocycles. The molecule has 0 bridgehead atoms. The Morgan fingerprint density at radius 1 is 0.472 bits per heavy atom. The summed E-state index contributed by atoms with van der Waals surface area (Å²) in [5.74, 6) is 0. The first-order valence-electron chi connectivity index (χ1n) is 9.05. The topological polar surface area (TPSA) is 401 Å². The summed E-state index contributed by atoms with van der Waals surface area (Å²) in [6, 6.07) is 0. The average Bonchev–Trinajstić information content (AvgIpc) is 2.64. The number of rotatable bonds is 8. The van der Waals surface area contributed by atoms with E-state index in [0.29, 0.717) is 51.9 Å². The van der Waals surface area contributed by atoms with Gasteiger partial charge in [0.1, 0.15) is 0 Å². The van der Waals surface area contributed by atoms with E-state index in [1.54, 1.807) is 6.92 Å². The Morgan fingerprint density at radius 3 is 0.556 bits per heavy atom. The third kappa shape index (κ3) is 471. The van der Waals surface area contributed by atoms with Crippen molar-refractivity contribution in [3.63, 3.8) is 0 Å². The molecule has 0 rings (SSSR count). The van der Waals surface area contributed by atoms with Crippen molar-refractivity contribution >= 4 is 0 Å². The minimum absolute atomic E-state index is 0. The molecule has 3 radical (unpaired) electrons. The number of hydrogen-bond donors (Lipinski definition) is 5. The number of hydrogen-bond acceptors (Lipinski definition) is 17. The predicted octanol–water partition coefficient (Wildman–Crippen LogP) is -14.7. The van der Waals surface area contributed by atoms with Crippen LogP contribution in [0.2, 0.25) is 0 Å². The SMILES string of the molecule is CCO.NCCC[O-].NCCC[O-].NCCC[O-].NCCC[O-].[Cu+2].[Cu+2].[Cu+2].[O-][Cl+3]([O-])([O-])[O-].[O-][Cl+3]([O-])([O-])[O-]. The Bertz CT molecular complexity index is 227. The van der Waals surface area contributed by atoms with Gasteiger partial charge in [0.2, 0.25) is 0 Å². The molecule has 0 aromatic rings. The van der Waals surface area contributed by atoms with Gasteiger partial charge in [0.15, 0.2) is 0 Å². The first kappa shape index (κ1) is 66.0. The molecular formula is C14H38Cl2Cu3N4O13. The Kier molecular flexibility index (Phi) is 120. The van der Waals surface area contributed by atoms with Crippen LogP contribution < -0.4 is 80.6 Å². The van der Waals surface area contributed by atoms with E-state index < -0.39 is 20.5 Å². The molecule has 0 aliphatic rings. The fourth-order valence-corrected chi connectivity index (χ4v) is 0.333. The Morgan fingerprint density at radius 2 is 0.556 bits per heavy atom. The molecule has 0 amide bonds. The number of aliphatic hydroxyl groups excluding tert-OH is 1. The van der Waals surface area contributed by atoms with E-state index in [1.807, 2.05) is 0 Å². The second-order valence-corrected chi connectivity index (χ2v) is 5.97. The maximum atomic E-state index is 9.45. The number of aliphatic hydroxyl groups is 1. The van der Waals surface area contributed by atoms with Gasteiger partial charge in [-0.3, -0.25) is 0 Å². The first-order valence-corrected chi connectivity index (χ1v) is 11.5. The summed E-state index contributed by atoms with van der Waals surface area (Å²) in [5.41, 5.74) is 19.8. The van der Waals surface area contributed by atoms with Gasteiger partial charge in [0, 0.05) is 6.61 Å². The van der Waals surface area contributed by atoms with Gasteiger partial charge in [-0.05, 0) is 33.1 Å². The predicted molar refractivity (Wildman–Crippen MR) is 86.9 cm³/mol. The maximum absolute atomic E-state index is 9.45. The molecule has 0 aliphatic carbocycles. The summed E-state index contributed by atoms with van der Waals surface area (Å²) < 4.78 is 67.9. The minimum Gasteiger partial charge on any atom is -0.854 e. The summed E-state index contributed by atoms with van der Waals surface area (Å²) in [6.45, 7) is 3.93. The van der Waals surface area contributed by atoms with Gasteiger partial charge in [0.25, 0.3) is 0 Å². The molecule has 0 saturated heterocycles. The fraction of sp³-hybridized carbons (Fsp3) is 1.00. The summed E-state index contributed by atoms with van der Waals surface area (Å²) >= 11 is 0. The molecular weight excluding hydrogens is 694 g/mol. The van der Waals surface area contributed by atoms with Gasteiger partial charge < -0.3 is 48.5 Å². The maximum Gasteiger partial charge on any atom is 2.00 e. The largest absolute Gasteiger partial charge is 2.00 e. The molecule has 0 fully saturated rings. The van der Waals surface area contributed by atoms with Gasteiger partial charge in [-0.25, -0.2) is 37.3 Å². The van der Waals surface area contributed by atoms with Crippen LogP contribution in [0.5, 0.6) is 0 Å². The van der Waals surface area contributed by atoms with Crippen LogP contribution in [0.15, 0.2) is 0 Å². The zero-order valence-corrected chi connectivity index (χ0v) is 23.8. The second-order valence-electron chi connectivity index (χ2n) is 4.46. The van der Waals surface area contributed by atoms with Crippen molar-refractivity contribution in [2.75, 3.05) is 59.2 Å². The average molecular weight is 732 g/mol. The van der Waals surface area contributed by atoms with Gasteiger partial charge in [0.05, 0.1) is 0 Å². The van der Waals surface area contributed by atoms with Gasteiger partial charge in [-0.15, -0.1) is 46.9 Å². The molecule has 0 saturated carbocycles. The zero-order valence-electron chi connectivity index (χ0n) is 19.5. The van der Waals surface area contributed by atoms with E-state index >= 15 is 0 Å². The van der Waals surface area contributed by atoms with Gasteiger partial charge in [-0.1, -0.05) is 25.7 Å². The van der Waals surface area contributed by atoms with Crippen LogP contribution in [0, 0.1) is 20.5 Å². The van der Waals surface area contributed by atoms with Crippen LogP contribution in [0.4, 0.5) is 0 Å². The standard InChI is InChI=1S/4C3H8NO.C2H6O.2ClHO4.3Cu/c4*4-2-1-3-5;1-2-3;2*2-1(3,4)5;;;/h4*1-4H2;3H,2H2,1H3;2*(H,2,3,4,5);;;/q4*-1;;;;3*+2/p-2. The van der Waals surface area contributed by atoms with Gasteiger partial charge in [-0.2, -0.15) is 0 Å². The molecule has 9 N–H and O–H groups in total. The summed E-state index contributed by atoms with van der Waals surface area (Å²) in [7, 11) is -9.89. The Balaban J connectivity index is -0.0000000271. The second kappa shape index (κ2) is 65.5. The normalized spacial score (nSPS) is 8.50. The van der Waals surface area contributed by atoms with Crippen molar-refractivity contribution in [2.45, 2.75) is 32.6 Å². The molecule has 0 unspecified atom stereocenters. The smallest absolute Gasteiger partial charge is 0.854 e. The van der Waals surface area contributed by atoms with E-state index in [1.165, 1.54) is 0 Å². The Hall–Kier alpha value is 1.46. The van der Waals surface area contributed by atoms with E-state index in [9.17, 15) is 20.4 Å². The third-order valence-corrected chi connectivity index (χ3v) is 1.39. The van der Waals surface area contributed by atoms with Crippen LogP contribution in [-0.4, -0.2) is 64.3 Å². The summed E-state index contributed by atoms with van der Waals surface area (Å²) in [4.78, 5) is 0. The van der Waals surface area contributed by atoms with E-state index in [0.717, 1.165) is 0 Å². The number of nitrogens with two attached hydrogens (primary N) is 4. The quantitative estimate of drug-likeness (QED) is 0.145. The van der Waals surface area contributed by atoms with Crippen molar-refractivity contribution < 1.29 is 134 Å². The molecule has 0 aliphatic heterocycles. The molecule has 36 heavy (non-hydrogen) atoms. The molecule has 22 heteroatoms. The fourth-order valence-electron chi connectivity index (χ4n) is 0.333. The Labute approximate surface area is 248 Å². The monoisotopic (exact) mass is 729 g/mol. The summed E-state index contributed by atoms with van der Waals surface area (Å²) in [5, 5.41) is 45.4. The van der Waals surface area contributed by atoms with Crippen molar-refractivity contribution in [2.24, 2.45) is 22.9 Å². The molecule has 239 valence electrons. The zero-order chi connectivity index (χ0) is 28.2. The van der Waals surface area contributed by atoms with Crippen LogP contribution in [0.1, 0.15) is 32.6 Å². The molecule has 0 atom stereocenters. The van der Waals surface area contributed by atoms with Crippen molar-refractivity contribution in [1.29, 1.82) is 0 Å². The molecule has 0 aromatic heterocycles. The number of halogens is 2. The van der Waals surface area contributed by atoms with Crippen molar-refractivity contribution in [1.82, 2.24) is 0 Å². The van der Waals surface area contributed by atoms with E-state index in [2.05, 4.69) is 0 Å². The molecule has 17 nitrogen and oxygen atoms in total. The van der Waals surface area contributed by atoms with Crippen LogP contribution in [0.25, 0.3) is 0 Å². The summed E-state index contributed by atoms with van der Waals surface area (Å²) in [6.07, 6.45) is 2.44. The van der Waals surface area contributed by atoms with Gasteiger partial charge >= 0.3 is 51.2 Å². The van der Waals surface area contributed by atoms with E-state index in [4.69, 9.17) is 65.3 Å². The molecule has 0 heterocycles. The van der Waals surface area contributed by atoms with Crippen LogP contribution in [-0.2, 0) is 51.2 Å². The minimum atomic E-state index is -4.94. The first-order chi connectivity index (χ1) is 15.1. The van der Waals surface area contributed by atoms with Crippen LogP contribution in [0.3, 0.4) is 0 Å². The third-order valence-electron chi connectivity index (χ3n) is 1.39. The van der Waals surface area contributed by atoms with Crippen molar-refractivity contribution in [3.05, 3.63) is 0 Å². The molecule has 0 spiro atoms.